The molecule has 1 fully saturated rings. The van der Waals surface area contributed by atoms with Crippen LogP contribution in [0.4, 0.5) is 5.13 Å². The molecule has 4 nitrogen and oxygen atoms in total. The smallest absolute Gasteiger partial charge is 0.185 e. The van der Waals surface area contributed by atoms with Crippen LogP contribution in [0, 0.1) is 11.3 Å². The van der Waals surface area contributed by atoms with Gasteiger partial charge in [0.15, 0.2) is 5.13 Å². The monoisotopic (exact) mass is 304 g/mol. The average molecular weight is 304 g/mol. The Morgan fingerprint density at radius 3 is 2.90 bits per heavy atom. The van der Waals surface area contributed by atoms with Crippen LogP contribution < -0.4 is 10.2 Å². The Morgan fingerprint density at radius 1 is 1.40 bits per heavy atom. The summed E-state index contributed by atoms with van der Waals surface area (Å²) in [7, 11) is 0. The minimum atomic E-state index is 0.568. The van der Waals surface area contributed by atoms with Crippen LogP contribution in [0.2, 0.25) is 0 Å². The number of thiophene rings is 1. The third kappa shape index (κ3) is 3.18. The molecule has 0 amide bonds. The summed E-state index contributed by atoms with van der Waals surface area (Å²) < 4.78 is 0. The molecule has 1 aliphatic heterocycles. The summed E-state index contributed by atoms with van der Waals surface area (Å²) in [5.74, 6) is 0. The molecule has 0 aliphatic carbocycles. The first kappa shape index (κ1) is 13.6. The second kappa shape index (κ2) is 6.35. The maximum atomic E-state index is 8.81. The highest BCUT2D eigenvalue weighted by atomic mass is 32.1. The first-order chi connectivity index (χ1) is 9.85. The van der Waals surface area contributed by atoms with Crippen LogP contribution in [0.25, 0.3) is 0 Å². The number of aromatic nitrogens is 1. The highest BCUT2D eigenvalue weighted by molar-refractivity contribution is 7.13. The molecule has 0 spiro atoms. The van der Waals surface area contributed by atoms with E-state index in [1.54, 1.807) is 22.7 Å². The van der Waals surface area contributed by atoms with Crippen molar-refractivity contribution in [1.82, 2.24) is 10.3 Å². The van der Waals surface area contributed by atoms with Crippen LogP contribution in [-0.2, 0) is 6.54 Å². The molecular weight excluding hydrogens is 288 g/mol. The number of rotatable bonds is 4. The molecule has 1 aliphatic rings. The lowest BCUT2D eigenvalue weighted by Crippen LogP contribution is -2.42. The van der Waals surface area contributed by atoms with Gasteiger partial charge in [-0.05, 0) is 18.9 Å². The number of anilines is 1. The molecule has 0 atom stereocenters. The molecule has 104 valence electrons. The molecule has 1 saturated heterocycles. The van der Waals surface area contributed by atoms with Gasteiger partial charge in [-0.15, -0.1) is 22.7 Å². The molecule has 2 aromatic heterocycles. The highest BCUT2D eigenvalue weighted by Crippen LogP contribution is 2.22. The van der Waals surface area contributed by atoms with E-state index in [4.69, 9.17) is 5.26 Å². The Labute approximate surface area is 126 Å². The minimum absolute atomic E-state index is 0.568. The second-order valence-corrected chi connectivity index (χ2v) is 6.74. The van der Waals surface area contributed by atoms with Crippen molar-refractivity contribution in [3.63, 3.8) is 0 Å². The van der Waals surface area contributed by atoms with Gasteiger partial charge in [-0.25, -0.2) is 4.98 Å². The summed E-state index contributed by atoms with van der Waals surface area (Å²) in [6.07, 6.45) is 4.17. The van der Waals surface area contributed by atoms with Gasteiger partial charge in [0.25, 0.3) is 0 Å². The van der Waals surface area contributed by atoms with E-state index >= 15 is 0 Å². The van der Waals surface area contributed by atoms with Crippen molar-refractivity contribution in [2.24, 2.45) is 0 Å². The number of nitrogens with zero attached hydrogens (tertiary/aromatic N) is 3. The lowest BCUT2D eigenvalue weighted by Gasteiger charge is -2.32. The van der Waals surface area contributed by atoms with E-state index in [1.165, 1.54) is 4.88 Å². The van der Waals surface area contributed by atoms with Crippen LogP contribution in [0.1, 0.15) is 23.3 Å². The number of piperidine rings is 1. The van der Waals surface area contributed by atoms with E-state index in [2.05, 4.69) is 21.3 Å². The van der Waals surface area contributed by atoms with Crippen molar-refractivity contribution in [1.29, 1.82) is 5.26 Å². The van der Waals surface area contributed by atoms with Crippen LogP contribution in [0.15, 0.2) is 23.0 Å². The summed E-state index contributed by atoms with van der Waals surface area (Å²) in [5, 5.41) is 17.5. The van der Waals surface area contributed by atoms with Gasteiger partial charge in [0.05, 0.1) is 5.56 Å². The Balaban J connectivity index is 1.46. The van der Waals surface area contributed by atoms with Crippen LogP contribution in [0.5, 0.6) is 0 Å². The zero-order valence-corrected chi connectivity index (χ0v) is 12.7. The third-order valence-electron chi connectivity index (χ3n) is 3.53. The summed E-state index contributed by atoms with van der Waals surface area (Å²) in [4.78, 5) is 7.97. The van der Waals surface area contributed by atoms with Gasteiger partial charge >= 0.3 is 0 Å². The maximum Gasteiger partial charge on any atom is 0.185 e. The number of hydrogen-bond donors (Lipinski definition) is 1. The zero-order valence-electron chi connectivity index (χ0n) is 11.1. The fraction of sp³-hybridized carbons (Fsp3) is 0.429. The van der Waals surface area contributed by atoms with E-state index < -0.39 is 0 Å². The van der Waals surface area contributed by atoms with Crippen molar-refractivity contribution >= 4 is 27.8 Å². The summed E-state index contributed by atoms with van der Waals surface area (Å²) in [6, 6.07) is 4.72. The third-order valence-corrected chi connectivity index (χ3v) is 5.30. The highest BCUT2D eigenvalue weighted by Gasteiger charge is 2.20. The molecule has 6 heteroatoms. The van der Waals surface area contributed by atoms with Gasteiger partial charge < -0.3 is 10.2 Å². The van der Waals surface area contributed by atoms with Crippen LogP contribution in [-0.4, -0.2) is 24.1 Å². The van der Waals surface area contributed by atoms with Gasteiger partial charge in [-0.1, -0.05) is 0 Å². The van der Waals surface area contributed by atoms with Crippen molar-refractivity contribution in [2.75, 3.05) is 18.0 Å². The summed E-state index contributed by atoms with van der Waals surface area (Å²) in [5.41, 5.74) is 0.769. The fourth-order valence-electron chi connectivity index (χ4n) is 2.42. The fourth-order valence-corrected chi connectivity index (χ4v) is 3.88. The predicted molar refractivity (Wildman–Crippen MR) is 83.2 cm³/mol. The van der Waals surface area contributed by atoms with Crippen molar-refractivity contribution < 1.29 is 0 Å². The standard InChI is InChI=1S/C14H16N4S2/c15-8-11-7-13(20-10-11)9-17-12-1-4-18(5-2-12)14-16-3-6-19-14/h3,6-7,10,12,17H,1-2,4-5,9H2. The molecular formula is C14H16N4S2. The summed E-state index contributed by atoms with van der Waals surface area (Å²) >= 11 is 3.37. The molecule has 0 saturated carbocycles. The summed E-state index contributed by atoms with van der Waals surface area (Å²) in [6.45, 7) is 3.01. The molecule has 3 heterocycles. The Hall–Kier alpha value is -1.42. The molecule has 0 aromatic carbocycles. The number of nitriles is 1. The van der Waals surface area contributed by atoms with E-state index in [1.807, 2.05) is 23.0 Å². The topological polar surface area (TPSA) is 52.0 Å². The van der Waals surface area contributed by atoms with Gasteiger partial charge in [0.2, 0.25) is 0 Å². The van der Waals surface area contributed by atoms with E-state index in [-0.39, 0.29) is 0 Å². The molecule has 0 unspecified atom stereocenters. The van der Waals surface area contributed by atoms with Crippen LogP contribution >= 0.6 is 22.7 Å². The Kier molecular flexibility index (Phi) is 4.31. The molecule has 3 rings (SSSR count). The Bertz CT molecular complexity index is 577. The second-order valence-electron chi connectivity index (χ2n) is 4.87. The first-order valence-electron chi connectivity index (χ1n) is 6.70. The maximum absolute atomic E-state index is 8.81. The average Bonchev–Trinajstić information content (AvgIpc) is 3.17. The van der Waals surface area contributed by atoms with Crippen molar-refractivity contribution in [2.45, 2.75) is 25.4 Å². The molecule has 2 aromatic rings. The van der Waals surface area contributed by atoms with Gasteiger partial charge in [0.1, 0.15) is 6.07 Å². The van der Waals surface area contributed by atoms with E-state index in [0.717, 1.165) is 43.2 Å². The normalized spacial score (nSPS) is 16.2. The first-order valence-corrected chi connectivity index (χ1v) is 8.46. The minimum Gasteiger partial charge on any atom is -0.348 e. The molecule has 0 bridgehead atoms. The van der Waals surface area contributed by atoms with Crippen LogP contribution in [0.3, 0.4) is 0 Å². The number of thiazole rings is 1. The van der Waals surface area contributed by atoms with Gasteiger partial charge in [0, 0.05) is 47.5 Å². The van der Waals surface area contributed by atoms with Crippen molar-refractivity contribution in [3.8, 4) is 6.07 Å². The molecule has 20 heavy (non-hydrogen) atoms. The van der Waals surface area contributed by atoms with Crippen molar-refractivity contribution in [3.05, 3.63) is 33.5 Å². The number of hydrogen-bond acceptors (Lipinski definition) is 6. The van der Waals surface area contributed by atoms with E-state index in [9.17, 15) is 0 Å². The lowest BCUT2D eigenvalue weighted by molar-refractivity contribution is 0.415. The van der Waals surface area contributed by atoms with Gasteiger partial charge in [-0.3, -0.25) is 0 Å². The SMILES string of the molecule is N#Cc1csc(CNC2CCN(c3nccs3)CC2)c1. The zero-order chi connectivity index (χ0) is 13.8. The largest absolute Gasteiger partial charge is 0.348 e. The quantitative estimate of drug-likeness (QED) is 0.943. The lowest BCUT2D eigenvalue weighted by atomic mass is 10.1. The molecule has 1 N–H and O–H groups in total. The number of nitrogens with one attached hydrogen (secondary N) is 1. The predicted octanol–water partition coefficient (Wildman–Crippen LogP) is 2.83. The molecule has 0 radical (unpaired) electrons. The van der Waals surface area contributed by atoms with E-state index in [0.29, 0.717) is 6.04 Å². The van der Waals surface area contributed by atoms with Gasteiger partial charge in [-0.2, -0.15) is 5.26 Å². The Morgan fingerprint density at radius 2 is 2.25 bits per heavy atom.